The van der Waals surface area contributed by atoms with Gasteiger partial charge in [-0.3, -0.25) is 0 Å². The molecular formula is C12H13NOS. The van der Waals surface area contributed by atoms with E-state index >= 15 is 0 Å². The Hall–Kier alpha value is -1.48. The first-order valence-corrected chi connectivity index (χ1v) is 5.78. The van der Waals surface area contributed by atoms with Crippen molar-refractivity contribution in [2.75, 3.05) is 11.9 Å². The summed E-state index contributed by atoms with van der Waals surface area (Å²) in [5.41, 5.74) is 0.964. The zero-order valence-corrected chi connectivity index (χ0v) is 9.13. The largest absolute Gasteiger partial charge is 0.508 e. The highest BCUT2D eigenvalue weighted by Gasteiger charge is 1.95. The second-order valence-corrected chi connectivity index (χ2v) is 4.34. The van der Waals surface area contributed by atoms with Gasteiger partial charge in [0.1, 0.15) is 5.75 Å². The number of thiophene rings is 1. The molecule has 1 aromatic heterocycles. The van der Waals surface area contributed by atoms with Gasteiger partial charge in [0.05, 0.1) is 0 Å². The number of benzene rings is 1. The van der Waals surface area contributed by atoms with Gasteiger partial charge in [0, 0.05) is 23.2 Å². The lowest BCUT2D eigenvalue weighted by Gasteiger charge is -2.05. The molecule has 0 radical (unpaired) electrons. The first-order valence-electron chi connectivity index (χ1n) is 4.90. The van der Waals surface area contributed by atoms with Crippen molar-refractivity contribution in [1.29, 1.82) is 0 Å². The third-order valence-electron chi connectivity index (χ3n) is 2.13. The van der Waals surface area contributed by atoms with Gasteiger partial charge in [-0.25, -0.2) is 0 Å². The van der Waals surface area contributed by atoms with E-state index in [1.54, 1.807) is 23.5 Å². The predicted molar refractivity (Wildman–Crippen MR) is 64.6 cm³/mol. The maximum Gasteiger partial charge on any atom is 0.117 e. The minimum absolute atomic E-state index is 0.302. The molecule has 0 spiro atoms. The van der Waals surface area contributed by atoms with Crippen LogP contribution >= 0.6 is 11.3 Å². The zero-order chi connectivity index (χ0) is 10.5. The Kier molecular flexibility index (Phi) is 3.25. The Morgan fingerprint density at radius 1 is 1.20 bits per heavy atom. The summed E-state index contributed by atoms with van der Waals surface area (Å²) in [7, 11) is 0. The third-order valence-corrected chi connectivity index (χ3v) is 3.06. The van der Waals surface area contributed by atoms with Crippen LogP contribution in [-0.4, -0.2) is 11.7 Å². The molecular weight excluding hydrogens is 206 g/mol. The molecule has 0 fully saturated rings. The Morgan fingerprint density at radius 3 is 2.87 bits per heavy atom. The van der Waals surface area contributed by atoms with E-state index in [2.05, 4.69) is 22.8 Å². The third kappa shape index (κ3) is 2.99. The van der Waals surface area contributed by atoms with Crippen LogP contribution in [-0.2, 0) is 6.42 Å². The van der Waals surface area contributed by atoms with E-state index in [1.807, 2.05) is 12.1 Å². The number of nitrogens with one attached hydrogen (secondary N) is 1. The lowest BCUT2D eigenvalue weighted by Crippen LogP contribution is -2.03. The Labute approximate surface area is 93.2 Å². The van der Waals surface area contributed by atoms with E-state index in [1.165, 1.54) is 4.88 Å². The summed E-state index contributed by atoms with van der Waals surface area (Å²) in [6.45, 7) is 0.893. The summed E-state index contributed by atoms with van der Waals surface area (Å²) in [6.07, 6.45) is 1.02. The smallest absolute Gasteiger partial charge is 0.117 e. The monoisotopic (exact) mass is 219 g/mol. The second kappa shape index (κ2) is 4.84. The topological polar surface area (TPSA) is 32.3 Å². The number of hydrogen-bond donors (Lipinski definition) is 2. The summed E-state index contributed by atoms with van der Waals surface area (Å²) in [6, 6.07) is 11.4. The first kappa shape index (κ1) is 10.1. The van der Waals surface area contributed by atoms with E-state index in [9.17, 15) is 5.11 Å². The summed E-state index contributed by atoms with van der Waals surface area (Å²) < 4.78 is 0. The Balaban J connectivity index is 1.83. The summed E-state index contributed by atoms with van der Waals surface area (Å²) in [5, 5.41) is 14.6. The minimum Gasteiger partial charge on any atom is -0.508 e. The number of anilines is 1. The normalized spacial score (nSPS) is 10.1. The SMILES string of the molecule is Oc1cccc(NCCc2cccs2)c1. The molecule has 2 rings (SSSR count). The summed E-state index contributed by atoms with van der Waals surface area (Å²) in [4.78, 5) is 1.38. The molecule has 2 nitrogen and oxygen atoms in total. The average molecular weight is 219 g/mol. The quantitative estimate of drug-likeness (QED) is 0.828. The van der Waals surface area contributed by atoms with E-state index in [0.717, 1.165) is 18.7 Å². The van der Waals surface area contributed by atoms with Crippen LogP contribution in [0.4, 0.5) is 5.69 Å². The van der Waals surface area contributed by atoms with Gasteiger partial charge in [0.15, 0.2) is 0 Å². The number of rotatable bonds is 4. The minimum atomic E-state index is 0.302. The van der Waals surface area contributed by atoms with Gasteiger partial charge in [0.25, 0.3) is 0 Å². The van der Waals surface area contributed by atoms with E-state index < -0.39 is 0 Å². The standard InChI is InChI=1S/C12H13NOS/c14-11-4-1-3-10(9-11)13-7-6-12-5-2-8-15-12/h1-5,8-9,13-14H,6-7H2. The van der Waals surface area contributed by atoms with Crippen molar-refractivity contribution in [2.45, 2.75) is 6.42 Å². The van der Waals surface area contributed by atoms with Crippen LogP contribution < -0.4 is 5.32 Å². The van der Waals surface area contributed by atoms with Crippen LogP contribution in [0, 0.1) is 0 Å². The molecule has 2 aromatic rings. The molecule has 0 aliphatic heterocycles. The molecule has 0 atom stereocenters. The number of aromatic hydroxyl groups is 1. The fraction of sp³-hybridized carbons (Fsp3) is 0.167. The molecule has 0 aliphatic rings. The molecule has 0 aliphatic carbocycles. The van der Waals surface area contributed by atoms with Crippen LogP contribution in [0.5, 0.6) is 5.75 Å². The molecule has 1 heterocycles. The van der Waals surface area contributed by atoms with Crippen molar-refractivity contribution in [3.05, 3.63) is 46.7 Å². The van der Waals surface area contributed by atoms with Crippen molar-refractivity contribution < 1.29 is 5.11 Å². The second-order valence-electron chi connectivity index (χ2n) is 3.31. The van der Waals surface area contributed by atoms with E-state index in [0.29, 0.717) is 5.75 Å². The molecule has 2 N–H and O–H groups in total. The van der Waals surface area contributed by atoms with Gasteiger partial charge in [0.2, 0.25) is 0 Å². The average Bonchev–Trinajstić information content (AvgIpc) is 2.71. The highest BCUT2D eigenvalue weighted by Crippen LogP contribution is 2.15. The van der Waals surface area contributed by atoms with Crippen LogP contribution in [0.3, 0.4) is 0 Å². The van der Waals surface area contributed by atoms with Crippen LogP contribution in [0.25, 0.3) is 0 Å². The van der Waals surface area contributed by atoms with Gasteiger partial charge in [-0.05, 0) is 30.0 Å². The summed E-state index contributed by atoms with van der Waals surface area (Å²) in [5.74, 6) is 0.302. The molecule has 0 unspecified atom stereocenters. The molecule has 0 bridgehead atoms. The van der Waals surface area contributed by atoms with Crippen molar-refractivity contribution >= 4 is 17.0 Å². The fourth-order valence-corrected chi connectivity index (χ4v) is 2.11. The number of phenolic OH excluding ortho intramolecular Hbond substituents is 1. The van der Waals surface area contributed by atoms with Crippen molar-refractivity contribution in [3.63, 3.8) is 0 Å². The lowest BCUT2D eigenvalue weighted by atomic mass is 10.3. The lowest BCUT2D eigenvalue weighted by molar-refractivity contribution is 0.475. The maximum atomic E-state index is 9.26. The predicted octanol–water partition coefficient (Wildman–Crippen LogP) is 3.11. The Bertz CT molecular complexity index is 411. The van der Waals surface area contributed by atoms with Crippen molar-refractivity contribution in [3.8, 4) is 5.75 Å². The van der Waals surface area contributed by atoms with Gasteiger partial charge in [-0.2, -0.15) is 0 Å². The van der Waals surface area contributed by atoms with E-state index in [4.69, 9.17) is 0 Å². The molecule has 0 saturated carbocycles. The van der Waals surface area contributed by atoms with Gasteiger partial charge in [-0.1, -0.05) is 12.1 Å². The van der Waals surface area contributed by atoms with Crippen LogP contribution in [0.1, 0.15) is 4.88 Å². The van der Waals surface area contributed by atoms with Gasteiger partial charge >= 0.3 is 0 Å². The fourth-order valence-electron chi connectivity index (χ4n) is 1.40. The highest BCUT2D eigenvalue weighted by atomic mass is 32.1. The number of phenols is 1. The maximum absolute atomic E-state index is 9.26. The highest BCUT2D eigenvalue weighted by molar-refractivity contribution is 7.09. The molecule has 3 heteroatoms. The number of hydrogen-bond acceptors (Lipinski definition) is 3. The van der Waals surface area contributed by atoms with Crippen molar-refractivity contribution in [2.24, 2.45) is 0 Å². The van der Waals surface area contributed by atoms with Crippen molar-refractivity contribution in [1.82, 2.24) is 0 Å². The van der Waals surface area contributed by atoms with Gasteiger partial charge < -0.3 is 10.4 Å². The molecule has 0 amide bonds. The molecule has 78 valence electrons. The van der Waals surface area contributed by atoms with E-state index in [-0.39, 0.29) is 0 Å². The van der Waals surface area contributed by atoms with Gasteiger partial charge in [-0.15, -0.1) is 11.3 Å². The summed E-state index contributed by atoms with van der Waals surface area (Å²) >= 11 is 1.77. The molecule has 15 heavy (non-hydrogen) atoms. The van der Waals surface area contributed by atoms with Crippen LogP contribution in [0.15, 0.2) is 41.8 Å². The molecule has 1 aromatic carbocycles. The van der Waals surface area contributed by atoms with Crippen LogP contribution in [0.2, 0.25) is 0 Å². The zero-order valence-electron chi connectivity index (χ0n) is 8.31. The first-order chi connectivity index (χ1) is 7.34. The molecule has 0 saturated heterocycles. The Morgan fingerprint density at radius 2 is 2.13 bits per heavy atom.